The van der Waals surface area contributed by atoms with Crippen molar-refractivity contribution < 1.29 is 4.74 Å². The van der Waals surface area contributed by atoms with Crippen LogP contribution in [0.3, 0.4) is 0 Å². The third-order valence-electron chi connectivity index (χ3n) is 2.08. The molecule has 0 bridgehead atoms. The molecule has 0 aliphatic rings. The van der Waals surface area contributed by atoms with Crippen LogP contribution in [0.5, 0.6) is 0 Å². The van der Waals surface area contributed by atoms with Gasteiger partial charge in [0.25, 0.3) is 0 Å². The first-order chi connectivity index (χ1) is 6.33. The van der Waals surface area contributed by atoms with E-state index in [1.54, 1.807) is 0 Å². The molecule has 0 atom stereocenters. The summed E-state index contributed by atoms with van der Waals surface area (Å²) in [5, 5.41) is 0. The number of hydrogen-bond donors (Lipinski definition) is 0. The van der Waals surface area contributed by atoms with Gasteiger partial charge in [-0.05, 0) is 32.3 Å². The SMILES string of the molecule is CCOCCCc1ccc(C)cc1. The van der Waals surface area contributed by atoms with E-state index in [0.29, 0.717) is 0 Å². The fraction of sp³-hybridized carbons (Fsp3) is 0.500. The van der Waals surface area contributed by atoms with Gasteiger partial charge < -0.3 is 4.74 Å². The molecule has 72 valence electrons. The fourth-order valence-electron chi connectivity index (χ4n) is 1.28. The van der Waals surface area contributed by atoms with Crippen LogP contribution in [0.4, 0.5) is 0 Å². The zero-order chi connectivity index (χ0) is 9.52. The van der Waals surface area contributed by atoms with E-state index in [1.165, 1.54) is 11.1 Å². The Kier molecular flexibility index (Phi) is 4.55. The predicted octanol–water partition coefficient (Wildman–Crippen LogP) is 2.96. The van der Waals surface area contributed by atoms with Crippen LogP contribution < -0.4 is 0 Å². The molecule has 0 spiro atoms. The average molecular weight is 178 g/mol. The Bertz CT molecular complexity index is 225. The normalized spacial score (nSPS) is 10.3. The zero-order valence-corrected chi connectivity index (χ0v) is 8.55. The van der Waals surface area contributed by atoms with Crippen molar-refractivity contribution in [2.24, 2.45) is 0 Å². The van der Waals surface area contributed by atoms with Crippen molar-refractivity contribution in [1.29, 1.82) is 0 Å². The Hall–Kier alpha value is -0.820. The molecule has 0 amide bonds. The van der Waals surface area contributed by atoms with Crippen molar-refractivity contribution in [2.75, 3.05) is 13.2 Å². The summed E-state index contributed by atoms with van der Waals surface area (Å²) in [6.45, 7) is 5.86. The minimum atomic E-state index is 0.827. The first-order valence-electron chi connectivity index (χ1n) is 4.96. The smallest absolute Gasteiger partial charge is 0.0469 e. The Morgan fingerprint density at radius 2 is 1.85 bits per heavy atom. The fourth-order valence-corrected chi connectivity index (χ4v) is 1.28. The molecule has 0 saturated carbocycles. The molecule has 1 aromatic carbocycles. The lowest BCUT2D eigenvalue weighted by atomic mass is 10.1. The molecule has 0 unspecified atom stereocenters. The molecule has 0 aliphatic heterocycles. The standard InChI is InChI=1S/C12H18O/c1-3-13-10-4-5-12-8-6-11(2)7-9-12/h6-9H,3-5,10H2,1-2H3. The van der Waals surface area contributed by atoms with E-state index in [-0.39, 0.29) is 0 Å². The molecule has 0 aromatic heterocycles. The molecule has 13 heavy (non-hydrogen) atoms. The molecular weight excluding hydrogens is 160 g/mol. The van der Waals surface area contributed by atoms with Crippen LogP contribution in [0.2, 0.25) is 0 Å². The van der Waals surface area contributed by atoms with Gasteiger partial charge >= 0.3 is 0 Å². The number of hydrogen-bond acceptors (Lipinski definition) is 1. The van der Waals surface area contributed by atoms with E-state index in [0.717, 1.165) is 26.1 Å². The third kappa shape index (κ3) is 4.09. The maximum Gasteiger partial charge on any atom is 0.0469 e. The lowest BCUT2D eigenvalue weighted by Gasteiger charge is -2.02. The number of ether oxygens (including phenoxy) is 1. The summed E-state index contributed by atoms with van der Waals surface area (Å²) in [4.78, 5) is 0. The first kappa shape index (κ1) is 10.3. The van der Waals surface area contributed by atoms with Crippen molar-refractivity contribution >= 4 is 0 Å². The zero-order valence-electron chi connectivity index (χ0n) is 8.55. The second-order valence-electron chi connectivity index (χ2n) is 3.29. The highest BCUT2D eigenvalue weighted by Gasteiger charge is 1.92. The lowest BCUT2D eigenvalue weighted by molar-refractivity contribution is 0.145. The molecular formula is C12H18O. The lowest BCUT2D eigenvalue weighted by Crippen LogP contribution is -1.95. The molecule has 0 radical (unpaired) electrons. The number of aryl methyl sites for hydroxylation is 2. The summed E-state index contributed by atoms with van der Waals surface area (Å²) in [5.41, 5.74) is 2.74. The van der Waals surface area contributed by atoms with E-state index in [9.17, 15) is 0 Å². The van der Waals surface area contributed by atoms with Gasteiger partial charge in [0.2, 0.25) is 0 Å². The Balaban J connectivity index is 2.25. The van der Waals surface area contributed by atoms with Crippen molar-refractivity contribution in [3.05, 3.63) is 35.4 Å². The Morgan fingerprint density at radius 3 is 2.46 bits per heavy atom. The molecule has 0 N–H and O–H groups in total. The molecule has 0 aliphatic carbocycles. The van der Waals surface area contributed by atoms with E-state index < -0.39 is 0 Å². The minimum absolute atomic E-state index is 0.827. The van der Waals surface area contributed by atoms with Gasteiger partial charge in [-0.25, -0.2) is 0 Å². The molecule has 1 rings (SSSR count). The quantitative estimate of drug-likeness (QED) is 0.630. The van der Waals surface area contributed by atoms with Gasteiger partial charge in [-0.3, -0.25) is 0 Å². The molecule has 0 saturated heterocycles. The maximum atomic E-state index is 5.28. The van der Waals surface area contributed by atoms with Crippen molar-refractivity contribution in [3.8, 4) is 0 Å². The number of rotatable bonds is 5. The van der Waals surface area contributed by atoms with E-state index in [4.69, 9.17) is 4.74 Å². The van der Waals surface area contributed by atoms with Gasteiger partial charge in [0, 0.05) is 13.2 Å². The second kappa shape index (κ2) is 5.76. The summed E-state index contributed by atoms with van der Waals surface area (Å²) in [6, 6.07) is 8.72. The van der Waals surface area contributed by atoms with Gasteiger partial charge in [0.1, 0.15) is 0 Å². The predicted molar refractivity (Wildman–Crippen MR) is 56.0 cm³/mol. The largest absolute Gasteiger partial charge is 0.382 e. The average Bonchev–Trinajstić information content (AvgIpc) is 2.15. The van der Waals surface area contributed by atoms with Gasteiger partial charge in [-0.1, -0.05) is 29.8 Å². The van der Waals surface area contributed by atoms with E-state index in [1.807, 2.05) is 6.92 Å². The summed E-state index contributed by atoms with van der Waals surface area (Å²) in [7, 11) is 0. The first-order valence-corrected chi connectivity index (χ1v) is 4.96. The third-order valence-corrected chi connectivity index (χ3v) is 2.08. The van der Waals surface area contributed by atoms with Crippen LogP contribution in [0.25, 0.3) is 0 Å². The minimum Gasteiger partial charge on any atom is -0.382 e. The molecule has 1 aromatic rings. The van der Waals surface area contributed by atoms with Crippen molar-refractivity contribution in [2.45, 2.75) is 26.7 Å². The van der Waals surface area contributed by atoms with Gasteiger partial charge in [-0.2, -0.15) is 0 Å². The van der Waals surface area contributed by atoms with Crippen molar-refractivity contribution in [1.82, 2.24) is 0 Å². The topological polar surface area (TPSA) is 9.23 Å². The molecule has 1 nitrogen and oxygen atoms in total. The van der Waals surface area contributed by atoms with E-state index in [2.05, 4.69) is 31.2 Å². The summed E-state index contributed by atoms with van der Waals surface area (Å²) >= 11 is 0. The monoisotopic (exact) mass is 178 g/mol. The Morgan fingerprint density at radius 1 is 1.15 bits per heavy atom. The molecule has 0 heterocycles. The van der Waals surface area contributed by atoms with Crippen molar-refractivity contribution in [3.63, 3.8) is 0 Å². The summed E-state index contributed by atoms with van der Waals surface area (Å²) in [6.07, 6.45) is 2.25. The highest BCUT2D eigenvalue weighted by molar-refractivity contribution is 5.21. The van der Waals surface area contributed by atoms with Crippen LogP contribution in [0, 0.1) is 6.92 Å². The van der Waals surface area contributed by atoms with Gasteiger partial charge in [-0.15, -0.1) is 0 Å². The van der Waals surface area contributed by atoms with Crippen LogP contribution in [0.1, 0.15) is 24.5 Å². The van der Waals surface area contributed by atoms with Crippen LogP contribution in [0.15, 0.2) is 24.3 Å². The molecule has 1 heteroatoms. The second-order valence-corrected chi connectivity index (χ2v) is 3.29. The van der Waals surface area contributed by atoms with Gasteiger partial charge in [0.05, 0.1) is 0 Å². The summed E-state index contributed by atoms with van der Waals surface area (Å²) < 4.78 is 5.28. The van der Waals surface area contributed by atoms with Crippen LogP contribution >= 0.6 is 0 Å². The highest BCUT2D eigenvalue weighted by atomic mass is 16.5. The van der Waals surface area contributed by atoms with Gasteiger partial charge in [0.15, 0.2) is 0 Å². The van der Waals surface area contributed by atoms with E-state index >= 15 is 0 Å². The number of benzene rings is 1. The Labute approximate surface area is 80.7 Å². The summed E-state index contributed by atoms with van der Waals surface area (Å²) in [5.74, 6) is 0. The van der Waals surface area contributed by atoms with Crippen LogP contribution in [-0.2, 0) is 11.2 Å². The van der Waals surface area contributed by atoms with Crippen LogP contribution in [-0.4, -0.2) is 13.2 Å². The molecule has 0 fully saturated rings. The highest BCUT2D eigenvalue weighted by Crippen LogP contribution is 2.05. The maximum absolute atomic E-state index is 5.28.